The Morgan fingerprint density at radius 2 is 2.08 bits per heavy atom. The van der Waals surface area contributed by atoms with Crippen LogP contribution in [0.4, 0.5) is 10.1 Å². The molecule has 0 atom stereocenters. The number of benzene rings is 2. The second-order valence-electron chi connectivity index (χ2n) is 5.37. The van der Waals surface area contributed by atoms with Crippen LogP contribution < -0.4 is 10.9 Å². The Morgan fingerprint density at radius 1 is 1.29 bits per heavy atom. The van der Waals surface area contributed by atoms with Crippen LogP contribution in [0, 0.1) is 12.7 Å². The van der Waals surface area contributed by atoms with Gasteiger partial charge in [0, 0.05) is 4.47 Å². The minimum Gasteiger partial charge on any atom is -0.322 e. The van der Waals surface area contributed by atoms with Gasteiger partial charge >= 0.3 is 0 Å². The average molecular weight is 390 g/mol. The Labute approximate surface area is 145 Å². The Kier molecular flexibility index (Phi) is 4.44. The summed E-state index contributed by atoms with van der Waals surface area (Å²) >= 11 is 3.30. The van der Waals surface area contributed by atoms with Crippen LogP contribution in [0.15, 0.2) is 52.0 Å². The molecule has 122 valence electrons. The zero-order valence-corrected chi connectivity index (χ0v) is 14.3. The van der Waals surface area contributed by atoms with Crippen molar-refractivity contribution in [2.24, 2.45) is 0 Å². The molecule has 3 aromatic rings. The molecule has 1 N–H and O–H groups in total. The molecule has 0 spiro atoms. The number of aromatic nitrogens is 2. The summed E-state index contributed by atoms with van der Waals surface area (Å²) in [5, 5.41) is 2.87. The first-order chi connectivity index (χ1) is 11.4. The Bertz CT molecular complexity index is 1000. The lowest BCUT2D eigenvalue weighted by molar-refractivity contribution is -0.116. The van der Waals surface area contributed by atoms with Gasteiger partial charge in [0.2, 0.25) is 5.91 Å². The molecule has 0 aliphatic carbocycles. The summed E-state index contributed by atoms with van der Waals surface area (Å²) in [7, 11) is 0. The number of carbonyl (C=O) groups excluding carboxylic acids is 1. The van der Waals surface area contributed by atoms with Crippen LogP contribution >= 0.6 is 15.9 Å². The molecule has 7 heteroatoms. The molecule has 0 aliphatic heterocycles. The molecule has 0 radical (unpaired) electrons. The van der Waals surface area contributed by atoms with Crippen LogP contribution in [0.3, 0.4) is 0 Å². The lowest BCUT2D eigenvalue weighted by Crippen LogP contribution is -2.28. The number of nitrogens with one attached hydrogen (secondary N) is 1. The van der Waals surface area contributed by atoms with Crippen molar-refractivity contribution in [1.29, 1.82) is 0 Å². The van der Waals surface area contributed by atoms with Crippen molar-refractivity contribution in [3.05, 3.63) is 68.9 Å². The maximum absolute atomic E-state index is 13.8. The number of amides is 1. The highest BCUT2D eigenvalue weighted by Gasteiger charge is 2.11. The zero-order valence-electron chi connectivity index (χ0n) is 12.7. The smallest absolute Gasteiger partial charge is 0.261 e. The van der Waals surface area contributed by atoms with Gasteiger partial charge in [-0.1, -0.05) is 22.0 Å². The minimum atomic E-state index is -0.517. The minimum absolute atomic E-state index is 0.0788. The molecule has 0 fully saturated rings. The van der Waals surface area contributed by atoms with Crippen molar-refractivity contribution in [1.82, 2.24) is 9.55 Å². The third kappa shape index (κ3) is 3.35. The van der Waals surface area contributed by atoms with E-state index in [0.717, 1.165) is 10.0 Å². The number of aryl methyl sites for hydroxylation is 1. The van der Waals surface area contributed by atoms with E-state index in [0.29, 0.717) is 10.9 Å². The van der Waals surface area contributed by atoms with Gasteiger partial charge in [-0.05, 0) is 42.8 Å². The number of nitrogens with zero attached hydrogens (tertiary/aromatic N) is 2. The number of carbonyl (C=O) groups is 1. The number of halogens is 2. The molecular formula is C17H13BrFN3O2. The largest absolute Gasteiger partial charge is 0.322 e. The number of hydrogen-bond donors (Lipinski definition) is 1. The van der Waals surface area contributed by atoms with Crippen LogP contribution in [-0.4, -0.2) is 15.5 Å². The van der Waals surface area contributed by atoms with Crippen molar-refractivity contribution in [2.45, 2.75) is 13.5 Å². The molecule has 5 nitrogen and oxygen atoms in total. The molecule has 24 heavy (non-hydrogen) atoms. The van der Waals surface area contributed by atoms with Gasteiger partial charge in [0.25, 0.3) is 5.56 Å². The van der Waals surface area contributed by atoms with Crippen molar-refractivity contribution in [3.8, 4) is 0 Å². The van der Waals surface area contributed by atoms with Gasteiger partial charge in [0.05, 0.1) is 22.9 Å². The first-order valence-corrected chi connectivity index (χ1v) is 7.94. The molecule has 1 aromatic heterocycles. The average Bonchev–Trinajstić information content (AvgIpc) is 2.53. The second kappa shape index (κ2) is 6.52. The Morgan fingerprint density at radius 3 is 2.83 bits per heavy atom. The molecule has 0 saturated carbocycles. The number of anilines is 1. The van der Waals surface area contributed by atoms with E-state index >= 15 is 0 Å². The molecular weight excluding hydrogens is 377 g/mol. The fourth-order valence-corrected chi connectivity index (χ4v) is 2.67. The van der Waals surface area contributed by atoms with E-state index in [1.165, 1.54) is 23.0 Å². The topological polar surface area (TPSA) is 64.0 Å². The van der Waals surface area contributed by atoms with Gasteiger partial charge in [-0.2, -0.15) is 0 Å². The molecule has 0 saturated heterocycles. The summed E-state index contributed by atoms with van der Waals surface area (Å²) in [6.45, 7) is 1.51. The lowest BCUT2D eigenvalue weighted by Gasteiger charge is -2.09. The zero-order chi connectivity index (χ0) is 17.3. The van der Waals surface area contributed by atoms with Crippen LogP contribution in [0.5, 0.6) is 0 Å². The highest BCUT2D eigenvalue weighted by atomic mass is 79.9. The normalized spacial score (nSPS) is 10.8. The predicted octanol–water partition coefficient (Wildman–Crippen LogP) is 3.25. The van der Waals surface area contributed by atoms with Gasteiger partial charge in [-0.25, -0.2) is 9.37 Å². The standard InChI is InChI=1S/C17H13BrFN3O2/c1-10-2-4-15(13(19)6-10)21-16(23)8-22-9-20-14-5-3-11(18)7-12(14)17(22)24/h2-7,9H,8H2,1H3,(H,21,23). The molecule has 0 bridgehead atoms. The van der Waals surface area contributed by atoms with Gasteiger partial charge in [-0.15, -0.1) is 0 Å². The van der Waals surface area contributed by atoms with Crippen LogP contribution in [-0.2, 0) is 11.3 Å². The lowest BCUT2D eigenvalue weighted by atomic mass is 10.2. The van der Waals surface area contributed by atoms with E-state index in [4.69, 9.17) is 0 Å². The van der Waals surface area contributed by atoms with Crippen LogP contribution in [0.1, 0.15) is 5.56 Å². The first-order valence-electron chi connectivity index (χ1n) is 7.15. The van der Waals surface area contributed by atoms with Crippen LogP contribution in [0.2, 0.25) is 0 Å². The molecule has 3 rings (SSSR count). The van der Waals surface area contributed by atoms with Crippen molar-refractivity contribution in [3.63, 3.8) is 0 Å². The Balaban J connectivity index is 1.85. The van der Waals surface area contributed by atoms with Gasteiger partial charge in [-0.3, -0.25) is 14.2 Å². The van der Waals surface area contributed by atoms with E-state index in [-0.39, 0.29) is 17.8 Å². The maximum atomic E-state index is 13.8. The molecule has 2 aromatic carbocycles. The monoisotopic (exact) mass is 389 g/mol. The van der Waals surface area contributed by atoms with Crippen LogP contribution in [0.25, 0.3) is 10.9 Å². The predicted molar refractivity (Wildman–Crippen MR) is 93.5 cm³/mol. The second-order valence-corrected chi connectivity index (χ2v) is 6.29. The SMILES string of the molecule is Cc1ccc(NC(=O)Cn2cnc3ccc(Br)cc3c2=O)c(F)c1. The van der Waals surface area contributed by atoms with E-state index in [9.17, 15) is 14.0 Å². The summed E-state index contributed by atoms with van der Waals surface area (Å²) in [5.74, 6) is -1.02. The summed E-state index contributed by atoms with van der Waals surface area (Å²) in [5.41, 5.74) is 1.05. The summed E-state index contributed by atoms with van der Waals surface area (Å²) < 4.78 is 15.7. The fraction of sp³-hybridized carbons (Fsp3) is 0.118. The first kappa shape index (κ1) is 16.3. The summed E-state index contributed by atoms with van der Waals surface area (Å²) in [4.78, 5) is 28.7. The third-order valence-corrected chi connectivity index (χ3v) is 3.99. The molecule has 1 heterocycles. The van der Waals surface area contributed by atoms with Gasteiger partial charge in [0.15, 0.2) is 0 Å². The number of hydrogen-bond acceptors (Lipinski definition) is 3. The van der Waals surface area contributed by atoms with Gasteiger partial charge < -0.3 is 5.32 Å². The summed E-state index contributed by atoms with van der Waals surface area (Å²) in [6.07, 6.45) is 1.31. The number of fused-ring (bicyclic) bond motifs is 1. The highest BCUT2D eigenvalue weighted by Crippen LogP contribution is 2.16. The fourth-order valence-electron chi connectivity index (χ4n) is 2.31. The Hall–Kier alpha value is -2.54. The quantitative estimate of drug-likeness (QED) is 0.747. The molecule has 0 unspecified atom stereocenters. The maximum Gasteiger partial charge on any atom is 0.261 e. The molecule has 0 aliphatic rings. The van der Waals surface area contributed by atoms with Crippen molar-refractivity contribution < 1.29 is 9.18 Å². The summed E-state index contributed by atoms with van der Waals surface area (Å²) in [6, 6.07) is 9.66. The van der Waals surface area contributed by atoms with Gasteiger partial charge in [0.1, 0.15) is 12.4 Å². The van der Waals surface area contributed by atoms with E-state index in [1.54, 1.807) is 31.2 Å². The highest BCUT2D eigenvalue weighted by molar-refractivity contribution is 9.10. The van der Waals surface area contributed by atoms with E-state index in [1.807, 2.05) is 0 Å². The third-order valence-electron chi connectivity index (χ3n) is 3.50. The molecule has 1 amide bonds. The van der Waals surface area contributed by atoms with E-state index in [2.05, 4.69) is 26.2 Å². The van der Waals surface area contributed by atoms with Crippen molar-refractivity contribution in [2.75, 3.05) is 5.32 Å². The number of rotatable bonds is 3. The van der Waals surface area contributed by atoms with E-state index < -0.39 is 11.7 Å². The van der Waals surface area contributed by atoms with Crippen molar-refractivity contribution >= 4 is 38.4 Å².